The van der Waals surface area contributed by atoms with Crippen molar-refractivity contribution >= 4 is 22.9 Å². The minimum Gasteiger partial charge on any atom is -0.442 e. The maximum atomic E-state index is 12.6. The molecule has 0 bridgehead atoms. The zero-order chi connectivity index (χ0) is 18.2. The Morgan fingerprint density at radius 1 is 1.33 bits per heavy atom. The number of fused-ring (bicyclic) bond motifs is 1. The molecule has 1 unspecified atom stereocenters. The lowest BCUT2D eigenvalue weighted by Crippen LogP contribution is -2.50. The SMILES string of the molecule is Cc1oc2ncn(C)c(=O)c2c1C(=O)NC(C)C(=O)NC(C)(C)C. The number of amides is 2. The van der Waals surface area contributed by atoms with Gasteiger partial charge in [0.25, 0.3) is 11.5 Å². The van der Waals surface area contributed by atoms with Gasteiger partial charge in [-0.25, -0.2) is 4.98 Å². The molecule has 2 N–H and O–H groups in total. The molecule has 130 valence electrons. The summed E-state index contributed by atoms with van der Waals surface area (Å²) in [6, 6.07) is -0.762. The Bertz CT molecular complexity index is 857. The molecule has 0 saturated carbocycles. The molecule has 2 amide bonds. The summed E-state index contributed by atoms with van der Waals surface area (Å²) in [5.74, 6) is -0.582. The Hall–Kier alpha value is -2.64. The lowest BCUT2D eigenvalue weighted by Gasteiger charge is -2.23. The molecule has 0 spiro atoms. The Labute approximate surface area is 139 Å². The maximum Gasteiger partial charge on any atom is 0.265 e. The summed E-state index contributed by atoms with van der Waals surface area (Å²) in [5, 5.41) is 5.49. The van der Waals surface area contributed by atoms with E-state index in [0.29, 0.717) is 0 Å². The molecule has 1 atom stereocenters. The van der Waals surface area contributed by atoms with Crippen molar-refractivity contribution < 1.29 is 14.0 Å². The number of carbonyl (C=O) groups excluding carboxylic acids is 2. The van der Waals surface area contributed by atoms with Crippen molar-refractivity contribution in [2.45, 2.75) is 46.2 Å². The third kappa shape index (κ3) is 3.47. The second-order valence-corrected chi connectivity index (χ2v) is 6.81. The Morgan fingerprint density at radius 3 is 2.54 bits per heavy atom. The zero-order valence-corrected chi connectivity index (χ0v) is 14.7. The average molecular weight is 334 g/mol. The summed E-state index contributed by atoms with van der Waals surface area (Å²) in [5.41, 5.74) is -0.579. The highest BCUT2D eigenvalue weighted by atomic mass is 16.3. The standard InChI is InChI=1S/C16H22N4O4/c1-8(12(21)19-16(3,4)5)18-13(22)10-9(2)24-14-11(10)15(23)20(6)7-17-14/h7-8H,1-6H3,(H,18,22)(H,19,21). The number of nitrogens with zero attached hydrogens (tertiary/aromatic N) is 2. The molecule has 2 heterocycles. The average Bonchev–Trinajstić information content (AvgIpc) is 2.78. The van der Waals surface area contributed by atoms with Gasteiger partial charge in [0.05, 0.1) is 5.56 Å². The van der Waals surface area contributed by atoms with Gasteiger partial charge in [-0.15, -0.1) is 0 Å². The first-order chi connectivity index (χ1) is 11.0. The highest BCUT2D eigenvalue weighted by Gasteiger charge is 2.26. The van der Waals surface area contributed by atoms with Crippen LogP contribution in [0.4, 0.5) is 0 Å². The van der Waals surface area contributed by atoms with Crippen LogP contribution in [0.3, 0.4) is 0 Å². The molecule has 0 aliphatic rings. The van der Waals surface area contributed by atoms with E-state index in [2.05, 4.69) is 15.6 Å². The number of aryl methyl sites for hydroxylation is 2. The van der Waals surface area contributed by atoms with E-state index in [4.69, 9.17) is 4.42 Å². The van der Waals surface area contributed by atoms with Crippen molar-refractivity contribution in [3.63, 3.8) is 0 Å². The van der Waals surface area contributed by atoms with E-state index < -0.39 is 17.5 Å². The predicted octanol–water partition coefficient (Wildman–Crippen LogP) is 0.868. The van der Waals surface area contributed by atoms with Crippen LogP contribution in [-0.4, -0.2) is 32.9 Å². The number of carbonyl (C=O) groups is 2. The number of nitrogens with one attached hydrogen (secondary N) is 2. The highest BCUT2D eigenvalue weighted by molar-refractivity contribution is 6.07. The van der Waals surface area contributed by atoms with Gasteiger partial charge in [-0.1, -0.05) is 0 Å². The molecule has 8 heteroatoms. The molecule has 2 rings (SSSR count). The van der Waals surface area contributed by atoms with E-state index >= 15 is 0 Å². The molecule has 0 aliphatic carbocycles. The van der Waals surface area contributed by atoms with Crippen molar-refractivity contribution in [2.75, 3.05) is 0 Å². The first-order valence-electron chi connectivity index (χ1n) is 7.59. The van der Waals surface area contributed by atoms with Gasteiger partial charge in [0.2, 0.25) is 11.6 Å². The molecule has 0 aromatic carbocycles. The van der Waals surface area contributed by atoms with Crippen molar-refractivity contribution in [1.29, 1.82) is 0 Å². The molecule has 2 aromatic heterocycles. The van der Waals surface area contributed by atoms with Gasteiger partial charge in [-0.05, 0) is 34.6 Å². The fourth-order valence-corrected chi connectivity index (χ4v) is 2.27. The summed E-state index contributed by atoms with van der Waals surface area (Å²) < 4.78 is 6.66. The minimum absolute atomic E-state index is 0.104. The second-order valence-electron chi connectivity index (χ2n) is 6.81. The Morgan fingerprint density at radius 2 is 1.96 bits per heavy atom. The fraction of sp³-hybridized carbons (Fsp3) is 0.500. The van der Waals surface area contributed by atoms with Crippen molar-refractivity contribution in [2.24, 2.45) is 7.05 Å². The summed E-state index contributed by atoms with van der Waals surface area (Å²) in [6.45, 7) is 8.70. The molecule has 2 aromatic rings. The normalized spacial score (nSPS) is 12.9. The van der Waals surface area contributed by atoms with E-state index in [0.717, 1.165) is 0 Å². The Kier molecular flexibility index (Phi) is 4.50. The van der Waals surface area contributed by atoms with E-state index in [-0.39, 0.29) is 33.9 Å². The van der Waals surface area contributed by atoms with Crippen LogP contribution in [0.15, 0.2) is 15.5 Å². The van der Waals surface area contributed by atoms with E-state index in [1.54, 1.807) is 13.8 Å². The lowest BCUT2D eigenvalue weighted by atomic mass is 10.1. The minimum atomic E-state index is -0.762. The van der Waals surface area contributed by atoms with Gasteiger partial charge < -0.3 is 19.6 Å². The maximum absolute atomic E-state index is 12.6. The van der Waals surface area contributed by atoms with E-state index in [1.165, 1.54) is 17.9 Å². The number of furan rings is 1. The molecule has 8 nitrogen and oxygen atoms in total. The van der Waals surface area contributed by atoms with Gasteiger partial charge in [0.1, 0.15) is 23.5 Å². The third-order valence-electron chi connectivity index (χ3n) is 3.41. The summed E-state index contributed by atoms with van der Waals surface area (Å²) in [4.78, 5) is 40.9. The van der Waals surface area contributed by atoms with Gasteiger partial charge >= 0.3 is 0 Å². The van der Waals surface area contributed by atoms with Crippen LogP contribution in [0.25, 0.3) is 11.1 Å². The number of aromatic nitrogens is 2. The summed E-state index contributed by atoms with van der Waals surface area (Å²) in [6.07, 6.45) is 1.33. The first kappa shape index (κ1) is 17.7. The predicted molar refractivity (Wildman–Crippen MR) is 88.8 cm³/mol. The topological polar surface area (TPSA) is 106 Å². The molecule has 0 fully saturated rings. The molecule has 0 saturated heterocycles. The lowest BCUT2D eigenvalue weighted by molar-refractivity contribution is -0.124. The van der Waals surface area contributed by atoms with Crippen LogP contribution >= 0.6 is 0 Å². The Balaban J connectivity index is 2.32. The van der Waals surface area contributed by atoms with Gasteiger partial charge in [-0.3, -0.25) is 14.4 Å². The number of hydrogen-bond donors (Lipinski definition) is 2. The molecule has 0 radical (unpaired) electrons. The second kappa shape index (κ2) is 6.10. The van der Waals surface area contributed by atoms with Crippen LogP contribution in [0.2, 0.25) is 0 Å². The van der Waals surface area contributed by atoms with Gasteiger partial charge in [0, 0.05) is 12.6 Å². The summed E-state index contributed by atoms with van der Waals surface area (Å²) >= 11 is 0. The van der Waals surface area contributed by atoms with Crippen LogP contribution in [0.1, 0.15) is 43.8 Å². The van der Waals surface area contributed by atoms with Crippen LogP contribution in [0, 0.1) is 6.92 Å². The van der Waals surface area contributed by atoms with Crippen molar-refractivity contribution in [3.05, 3.63) is 28.0 Å². The smallest absolute Gasteiger partial charge is 0.265 e. The van der Waals surface area contributed by atoms with E-state index in [9.17, 15) is 14.4 Å². The fourth-order valence-electron chi connectivity index (χ4n) is 2.27. The third-order valence-corrected chi connectivity index (χ3v) is 3.41. The van der Waals surface area contributed by atoms with E-state index in [1.807, 2.05) is 20.8 Å². The highest BCUT2D eigenvalue weighted by Crippen LogP contribution is 2.20. The number of hydrogen-bond acceptors (Lipinski definition) is 5. The van der Waals surface area contributed by atoms with Crippen LogP contribution in [-0.2, 0) is 11.8 Å². The van der Waals surface area contributed by atoms with Gasteiger partial charge in [-0.2, -0.15) is 0 Å². The summed E-state index contributed by atoms with van der Waals surface area (Å²) in [7, 11) is 1.54. The molecular weight excluding hydrogens is 312 g/mol. The van der Waals surface area contributed by atoms with Crippen LogP contribution < -0.4 is 16.2 Å². The van der Waals surface area contributed by atoms with Crippen LogP contribution in [0.5, 0.6) is 0 Å². The molecule has 24 heavy (non-hydrogen) atoms. The van der Waals surface area contributed by atoms with Gasteiger partial charge in [0.15, 0.2) is 0 Å². The monoisotopic (exact) mass is 334 g/mol. The quantitative estimate of drug-likeness (QED) is 0.866. The molecule has 0 aliphatic heterocycles. The largest absolute Gasteiger partial charge is 0.442 e. The molecular formula is C16H22N4O4. The zero-order valence-electron chi connectivity index (χ0n) is 14.7. The van der Waals surface area contributed by atoms with Crippen molar-refractivity contribution in [3.8, 4) is 0 Å². The number of rotatable bonds is 3. The first-order valence-corrected chi connectivity index (χ1v) is 7.59. The van der Waals surface area contributed by atoms with Crippen molar-refractivity contribution in [1.82, 2.24) is 20.2 Å².